The monoisotopic (exact) mass is 785 g/mol. The van der Waals surface area contributed by atoms with Crippen molar-refractivity contribution < 1.29 is 29.0 Å². The van der Waals surface area contributed by atoms with E-state index in [9.17, 15) is 14.7 Å². The van der Waals surface area contributed by atoms with Crippen molar-refractivity contribution in [3.63, 3.8) is 0 Å². The predicted molar refractivity (Wildman–Crippen MR) is 215 cm³/mol. The maximum absolute atomic E-state index is 15.6. The number of benzene rings is 5. The molecule has 0 unspecified atom stereocenters. The lowest BCUT2D eigenvalue weighted by Gasteiger charge is -2.51. The van der Waals surface area contributed by atoms with Gasteiger partial charge in [-0.2, -0.15) is 5.01 Å². The van der Waals surface area contributed by atoms with Crippen LogP contribution in [0, 0.1) is 23.7 Å². The first kappa shape index (κ1) is 36.0. The Hall–Kier alpha value is -5.64. The molecule has 0 spiro atoms. The van der Waals surface area contributed by atoms with Crippen LogP contribution in [0.2, 0.25) is 10.0 Å². The fourth-order valence-electron chi connectivity index (χ4n) is 9.88. The molecule has 9 rings (SSSR count). The van der Waals surface area contributed by atoms with Gasteiger partial charge in [-0.1, -0.05) is 96.4 Å². The van der Waals surface area contributed by atoms with Gasteiger partial charge in [-0.05, 0) is 95.8 Å². The fourth-order valence-corrected chi connectivity index (χ4v) is 10.3. The lowest BCUT2D eigenvalue weighted by atomic mass is 9.49. The zero-order valence-corrected chi connectivity index (χ0v) is 32.1. The van der Waals surface area contributed by atoms with Gasteiger partial charge in [0, 0.05) is 16.3 Å². The number of fused-ring (bicyclic) bond motifs is 5. The average Bonchev–Trinajstić information content (AvgIpc) is 3.60. The van der Waals surface area contributed by atoms with Crippen LogP contribution in [0.4, 0.5) is 11.4 Å². The molecule has 56 heavy (non-hydrogen) atoms. The molecule has 0 aromatic heterocycles. The van der Waals surface area contributed by atoms with E-state index in [1.54, 1.807) is 37.4 Å². The number of rotatable bonds is 7. The summed E-state index contributed by atoms with van der Waals surface area (Å²) in [6.07, 6.45) is 3.25. The Labute approximate surface area is 333 Å². The Kier molecular flexibility index (Phi) is 8.71. The van der Waals surface area contributed by atoms with Crippen molar-refractivity contribution in [3.05, 3.63) is 142 Å². The largest absolute Gasteiger partial charge is 0.507 e. The van der Waals surface area contributed by atoms with E-state index in [2.05, 4.69) is 5.43 Å². The molecule has 2 saturated heterocycles. The van der Waals surface area contributed by atoms with Gasteiger partial charge in [0.2, 0.25) is 11.8 Å². The molecular formula is C45H37Cl2N3O6. The van der Waals surface area contributed by atoms with Crippen LogP contribution in [0.5, 0.6) is 11.5 Å². The first-order chi connectivity index (χ1) is 27.1. The summed E-state index contributed by atoms with van der Waals surface area (Å²) in [5.41, 5.74) is 5.52. The zero-order valence-electron chi connectivity index (χ0n) is 30.5. The average molecular weight is 787 g/mol. The Balaban J connectivity index is 1.27. The molecule has 5 aromatic rings. The summed E-state index contributed by atoms with van der Waals surface area (Å²) in [5.74, 6) is -4.67. The van der Waals surface area contributed by atoms with E-state index in [1.165, 1.54) is 11.0 Å². The van der Waals surface area contributed by atoms with Crippen LogP contribution in [0.3, 0.4) is 0 Å². The second-order valence-corrected chi connectivity index (χ2v) is 15.8. The molecule has 2 aliphatic heterocycles. The highest BCUT2D eigenvalue weighted by atomic mass is 35.5. The molecule has 3 fully saturated rings. The number of aromatic hydroxyl groups is 1. The first-order valence-corrected chi connectivity index (χ1v) is 19.5. The molecular weight excluding hydrogens is 749 g/mol. The number of hydrogen-bond acceptors (Lipinski definition) is 7. The van der Waals surface area contributed by atoms with Crippen LogP contribution in [0.25, 0.3) is 10.8 Å². The number of aryl methyl sites for hydroxylation is 1. The molecule has 5 aromatic carbocycles. The van der Waals surface area contributed by atoms with Gasteiger partial charge in [0.15, 0.2) is 0 Å². The first-order valence-electron chi connectivity index (χ1n) is 18.7. The number of anilines is 2. The number of phenols is 1. The quantitative estimate of drug-likeness (QED) is 0.125. The zero-order chi connectivity index (χ0) is 39.0. The predicted octanol–water partition coefficient (Wildman–Crippen LogP) is 8.61. The number of carbonyl (C=O) groups is 4. The van der Waals surface area contributed by atoms with Gasteiger partial charge in [0.1, 0.15) is 11.5 Å². The molecule has 282 valence electrons. The number of nitrogens with one attached hydrogen (secondary N) is 1. The number of halogens is 2. The van der Waals surface area contributed by atoms with Crippen LogP contribution < -0.4 is 15.1 Å². The highest BCUT2D eigenvalue weighted by molar-refractivity contribution is 6.36. The van der Waals surface area contributed by atoms with E-state index < -0.39 is 46.8 Å². The number of methoxy groups -OCH3 is 1. The summed E-state index contributed by atoms with van der Waals surface area (Å²) < 4.78 is 5.52. The number of ether oxygens (including phenoxy) is 1. The van der Waals surface area contributed by atoms with Gasteiger partial charge >= 0.3 is 0 Å². The normalized spacial score (nSPS) is 25.6. The van der Waals surface area contributed by atoms with Crippen LogP contribution in [-0.4, -0.2) is 40.9 Å². The lowest BCUT2D eigenvalue weighted by Crippen LogP contribution is -2.53. The summed E-state index contributed by atoms with van der Waals surface area (Å²) in [7, 11) is 1.56. The minimum absolute atomic E-state index is 0.0697. The molecule has 9 nitrogen and oxygen atoms in total. The molecule has 0 radical (unpaired) electrons. The SMILES string of the molecule is CCc1ccc(N2C(=O)[C@H]3[C@H](CC=C4[C@H]3C[C@H]3C(=O)N(Nc5ccc(Cl)cc5Cl)C(=O)[C@@]3(c3ccc(OC)cc3)[C@H]4c3ccc(O)c4ccccc34)C2=O)cc1. The summed E-state index contributed by atoms with van der Waals surface area (Å²) in [6.45, 7) is 2.04. The van der Waals surface area contributed by atoms with Crippen molar-refractivity contribution in [3.8, 4) is 11.5 Å². The Morgan fingerprint density at radius 2 is 1.57 bits per heavy atom. The molecule has 2 N–H and O–H groups in total. The van der Waals surface area contributed by atoms with E-state index in [4.69, 9.17) is 27.9 Å². The number of phenolic OH excluding ortho intramolecular Hbond substituents is 1. The van der Waals surface area contributed by atoms with Crippen molar-refractivity contribution in [1.29, 1.82) is 0 Å². The number of hydrazine groups is 1. The Morgan fingerprint density at radius 1 is 0.839 bits per heavy atom. The second-order valence-electron chi connectivity index (χ2n) is 15.0. The number of imide groups is 2. The van der Waals surface area contributed by atoms with Crippen molar-refractivity contribution in [1.82, 2.24) is 5.01 Å². The third kappa shape index (κ3) is 5.20. The molecule has 2 aliphatic carbocycles. The second kappa shape index (κ2) is 13.5. The molecule has 0 bridgehead atoms. The molecule has 4 amide bonds. The van der Waals surface area contributed by atoms with Crippen molar-refractivity contribution in [2.75, 3.05) is 17.4 Å². The van der Waals surface area contributed by atoms with Crippen LogP contribution in [0.1, 0.15) is 42.4 Å². The molecule has 1 saturated carbocycles. The third-order valence-electron chi connectivity index (χ3n) is 12.4. The Bertz CT molecular complexity index is 2500. The van der Waals surface area contributed by atoms with E-state index in [1.807, 2.05) is 79.7 Å². The number of carbonyl (C=O) groups excluding carboxylic acids is 4. The fraction of sp³-hybridized carbons (Fsp3) is 0.244. The highest BCUT2D eigenvalue weighted by Crippen LogP contribution is 2.65. The van der Waals surface area contributed by atoms with Crippen LogP contribution in [-0.2, 0) is 31.0 Å². The molecule has 4 aliphatic rings. The number of hydrogen-bond donors (Lipinski definition) is 2. The summed E-state index contributed by atoms with van der Waals surface area (Å²) in [4.78, 5) is 61.0. The Morgan fingerprint density at radius 3 is 2.27 bits per heavy atom. The maximum Gasteiger partial charge on any atom is 0.260 e. The minimum Gasteiger partial charge on any atom is -0.507 e. The molecule has 11 heteroatoms. The summed E-state index contributed by atoms with van der Waals surface area (Å²) in [6, 6.07) is 30.2. The van der Waals surface area contributed by atoms with E-state index >= 15 is 9.59 Å². The number of amides is 4. The molecule has 6 atom stereocenters. The van der Waals surface area contributed by atoms with E-state index in [0.717, 1.165) is 22.6 Å². The van der Waals surface area contributed by atoms with Crippen molar-refractivity contribution in [2.45, 2.75) is 37.5 Å². The van der Waals surface area contributed by atoms with E-state index in [0.29, 0.717) is 44.0 Å². The van der Waals surface area contributed by atoms with Gasteiger partial charge in [0.05, 0.1) is 46.7 Å². The van der Waals surface area contributed by atoms with Gasteiger partial charge in [-0.25, -0.2) is 0 Å². The molecule has 2 heterocycles. The summed E-state index contributed by atoms with van der Waals surface area (Å²) >= 11 is 12.8. The maximum atomic E-state index is 15.6. The van der Waals surface area contributed by atoms with Crippen molar-refractivity contribution in [2.24, 2.45) is 23.7 Å². The van der Waals surface area contributed by atoms with Crippen molar-refractivity contribution >= 4 is 69.0 Å². The highest BCUT2D eigenvalue weighted by Gasteiger charge is 2.70. The number of nitrogens with zero attached hydrogens (tertiary/aromatic N) is 2. The third-order valence-corrected chi connectivity index (χ3v) is 13.0. The minimum atomic E-state index is -1.54. The standard InChI is InChI=1S/C45H37Cl2N3O6/c1-3-24-8-13-27(14-9-24)49-41(52)33-18-17-32-34(39(33)43(49)54)23-35-42(53)50(48-37-20-12-26(46)22-36(37)47)44(55)45(35,25-10-15-28(56-2)16-11-25)40(32)31-19-21-38(51)30-7-5-4-6-29(30)31/h4-17,19-22,33-35,39-40,48,51H,3,18,23H2,1-2H3/t33-,34+,35-,39-,40-,45+/m0/s1. The van der Waals surface area contributed by atoms with E-state index in [-0.39, 0.29) is 35.4 Å². The van der Waals surface area contributed by atoms with Crippen LogP contribution >= 0.6 is 23.2 Å². The van der Waals surface area contributed by atoms with Gasteiger partial charge in [-0.15, -0.1) is 0 Å². The topological polar surface area (TPSA) is 116 Å². The summed E-state index contributed by atoms with van der Waals surface area (Å²) in [5, 5.41) is 14.0. The number of allylic oxidation sites excluding steroid dienone is 2. The lowest BCUT2D eigenvalue weighted by molar-refractivity contribution is -0.138. The van der Waals surface area contributed by atoms with Gasteiger partial charge < -0.3 is 9.84 Å². The van der Waals surface area contributed by atoms with Gasteiger partial charge in [0.25, 0.3) is 11.8 Å². The van der Waals surface area contributed by atoms with Gasteiger partial charge in [-0.3, -0.25) is 29.5 Å². The smallest absolute Gasteiger partial charge is 0.260 e. The van der Waals surface area contributed by atoms with Crippen LogP contribution in [0.15, 0.2) is 115 Å².